The predicted molar refractivity (Wildman–Crippen MR) is 93.4 cm³/mol. The lowest BCUT2D eigenvalue weighted by molar-refractivity contribution is -0.126. The van der Waals surface area contributed by atoms with Crippen molar-refractivity contribution in [2.24, 2.45) is 11.7 Å². The third kappa shape index (κ3) is 7.14. The number of hydrogen-bond acceptors (Lipinski definition) is 3. The lowest BCUT2D eigenvalue weighted by Crippen LogP contribution is -2.51. The third-order valence-electron chi connectivity index (χ3n) is 3.22. The number of rotatable bonds is 8. The molecule has 1 aromatic carbocycles. The summed E-state index contributed by atoms with van der Waals surface area (Å²) in [6, 6.07) is 7.79. The molecule has 5 heteroatoms. The van der Waals surface area contributed by atoms with Crippen molar-refractivity contribution in [3.05, 3.63) is 29.8 Å². The van der Waals surface area contributed by atoms with Crippen LogP contribution in [0.5, 0.6) is 5.75 Å². The second-order valence-corrected chi connectivity index (χ2v) is 6.20. The number of halogens is 1. The number of amides is 1. The van der Waals surface area contributed by atoms with Crippen LogP contribution in [-0.4, -0.2) is 18.1 Å². The number of carbonyl (C=O) groups is 1. The Balaban J connectivity index is 0.00000441. The summed E-state index contributed by atoms with van der Waals surface area (Å²) in [5, 5.41) is 2.90. The average Bonchev–Trinajstić information content (AvgIpc) is 2.43. The van der Waals surface area contributed by atoms with Gasteiger partial charge in [0.2, 0.25) is 5.91 Å². The van der Waals surface area contributed by atoms with Crippen LogP contribution in [0.4, 0.5) is 0 Å². The maximum atomic E-state index is 12.1. The van der Waals surface area contributed by atoms with Gasteiger partial charge < -0.3 is 15.8 Å². The first-order valence-corrected chi connectivity index (χ1v) is 7.64. The third-order valence-corrected chi connectivity index (χ3v) is 3.22. The summed E-state index contributed by atoms with van der Waals surface area (Å²) in [6.07, 6.45) is 1.56. The molecule has 1 aromatic rings. The predicted octanol–water partition coefficient (Wildman–Crippen LogP) is 3.28. The molecule has 22 heavy (non-hydrogen) atoms. The molecule has 0 bridgehead atoms. The van der Waals surface area contributed by atoms with Crippen molar-refractivity contribution in [1.29, 1.82) is 0 Å². The van der Waals surface area contributed by atoms with Gasteiger partial charge in [-0.15, -0.1) is 12.4 Å². The van der Waals surface area contributed by atoms with E-state index in [4.69, 9.17) is 10.5 Å². The molecule has 0 aliphatic heterocycles. The van der Waals surface area contributed by atoms with Gasteiger partial charge in [0.25, 0.3) is 0 Å². The van der Waals surface area contributed by atoms with Crippen LogP contribution in [0.1, 0.15) is 46.1 Å². The second kappa shape index (κ2) is 9.70. The Morgan fingerprint density at radius 2 is 2.09 bits per heavy atom. The first-order valence-electron chi connectivity index (χ1n) is 7.64. The van der Waals surface area contributed by atoms with Gasteiger partial charge >= 0.3 is 0 Å². The van der Waals surface area contributed by atoms with E-state index in [1.54, 1.807) is 6.92 Å². The largest absolute Gasteiger partial charge is 0.493 e. The molecule has 0 fully saturated rings. The first kappa shape index (κ1) is 20.7. The van der Waals surface area contributed by atoms with Gasteiger partial charge in [0.15, 0.2) is 0 Å². The lowest BCUT2D eigenvalue weighted by Gasteiger charge is -2.22. The number of nitrogens with two attached hydrogens (primary N) is 1. The molecule has 1 atom stereocenters. The fraction of sp³-hybridized carbons (Fsp3) is 0.588. The zero-order valence-corrected chi connectivity index (χ0v) is 14.8. The smallest absolute Gasteiger partial charge is 0.240 e. The maximum absolute atomic E-state index is 12.1. The quantitative estimate of drug-likeness (QED) is 0.769. The van der Waals surface area contributed by atoms with Crippen molar-refractivity contribution in [3.8, 4) is 5.75 Å². The summed E-state index contributed by atoms with van der Waals surface area (Å²) in [7, 11) is 0. The fourth-order valence-electron chi connectivity index (χ4n) is 2.03. The van der Waals surface area contributed by atoms with E-state index in [0.29, 0.717) is 25.5 Å². The van der Waals surface area contributed by atoms with Gasteiger partial charge in [0.1, 0.15) is 5.75 Å². The Labute approximate surface area is 140 Å². The molecule has 0 aliphatic carbocycles. The zero-order valence-electron chi connectivity index (χ0n) is 14.0. The van der Waals surface area contributed by atoms with Crippen LogP contribution in [0.3, 0.4) is 0 Å². The summed E-state index contributed by atoms with van der Waals surface area (Å²) < 4.78 is 5.68. The van der Waals surface area contributed by atoms with Crippen LogP contribution in [0, 0.1) is 5.92 Å². The van der Waals surface area contributed by atoms with Crippen molar-refractivity contribution in [3.63, 3.8) is 0 Å². The van der Waals surface area contributed by atoms with E-state index in [9.17, 15) is 4.79 Å². The number of ether oxygens (including phenoxy) is 1. The van der Waals surface area contributed by atoms with Crippen LogP contribution in [0.2, 0.25) is 0 Å². The Morgan fingerprint density at radius 3 is 2.68 bits per heavy atom. The van der Waals surface area contributed by atoms with E-state index < -0.39 is 5.54 Å². The summed E-state index contributed by atoms with van der Waals surface area (Å²) in [4.78, 5) is 12.1. The highest BCUT2D eigenvalue weighted by atomic mass is 35.5. The minimum atomic E-state index is -0.805. The molecular weight excluding hydrogens is 300 g/mol. The van der Waals surface area contributed by atoms with E-state index in [1.807, 2.05) is 31.2 Å². The van der Waals surface area contributed by atoms with Gasteiger partial charge in [-0.25, -0.2) is 0 Å². The fourth-order valence-corrected chi connectivity index (χ4v) is 2.03. The minimum absolute atomic E-state index is 0. The topological polar surface area (TPSA) is 64.4 Å². The molecule has 1 rings (SSSR count). The molecule has 0 radical (unpaired) electrons. The molecule has 0 aliphatic rings. The maximum Gasteiger partial charge on any atom is 0.240 e. The normalized spacial score (nSPS) is 13.2. The minimum Gasteiger partial charge on any atom is -0.493 e. The Kier molecular flexibility index (Phi) is 9.14. The van der Waals surface area contributed by atoms with Crippen molar-refractivity contribution in [2.45, 2.75) is 52.6 Å². The highest BCUT2D eigenvalue weighted by molar-refractivity contribution is 5.85. The molecule has 126 valence electrons. The van der Waals surface area contributed by atoms with Crippen LogP contribution in [-0.2, 0) is 11.3 Å². The van der Waals surface area contributed by atoms with E-state index in [-0.39, 0.29) is 18.3 Å². The van der Waals surface area contributed by atoms with Crippen LogP contribution in [0.15, 0.2) is 24.3 Å². The number of hydrogen-bond donors (Lipinski definition) is 2. The van der Waals surface area contributed by atoms with E-state index >= 15 is 0 Å². The van der Waals surface area contributed by atoms with E-state index in [0.717, 1.165) is 17.7 Å². The highest BCUT2D eigenvalue weighted by Gasteiger charge is 2.26. The van der Waals surface area contributed by atoms with Crippen LogP contribution < -0.4 is 15.8 Å². The van der Waals surface area contributed by atoms with Gasteiger partial charge in [-0.1, -0.05) is 39.3 Å². The zero-order chi connectivity index (χ0) is 15.9. The number of benzene rings is 1. The molecule has 0 spiro atoms. The monoisotopic (exact) mass is 328 g/mol. The Bertz CT molecular complexity index is 462. The van der Waals surface area contributed by atoms with Crippen molar-refractivity contribution in [1.82, 2.24) is 5.32 Å². The second-order valence-electron chi connectivity index (χ2n) is 6.20. The molecule has 4 nitrogen and oxygen atoms in total. The van der Waals surface area contributed by atoms with Gasteiger partial charge in [-0.05, 0) is 37.0 Å². The molecule has 0 heterocycles. The molecular formula is C17H29ClN2O2. The Morgan fingerprint density at radius 1 is 1.41 bits per heavy atom. The molecule has 0 saturated heterocycles. The summed E-state index contributed by atoms with van der Waals surface area (Å²) in [5.74, 6) is 1.21. The summed E-state index contributed by atoms with van der Waals surface area (Å²) in [6.45, 7) is 9.17. The lowest BCUT2D eigenvalue weighted by atomic mass is 9.96. The molecule has 3 N–H and O–H groups in total. The molecule has 0 aromatic heterocycles. The van der Waals surface area contributed by atoms with Crippen LogP contribution >= 0.6 is 12.4 Å². The molecule has 1 unspecified atom stereocenters. The summed E-state index contributed by atoms with van der Waals surface area (Å²) >= 11 is 0. The highest BCUT2D eigenvalue weighted by Crippen LogP contribution is 2.15. The van der Waals surface area contributed by atoms with Crippen molar-refractivity contribution >= 4 is 18.3 Å². The van der Waals surface area contributed by atoms with Gasteiger partial charge in [-0.2, -0.15) is 0 Å². The SMILES string of the molecule is CCCC(C)(N)C(=O)NCc1cccc(OCC(C)C)c1.Cl. The Hall–Kier alpha value is -1.26. The number of carbonyl (C=O) groups excluding carboxylic acids is 1. The van der Waals surface area contributed by atoms with E-state index in [2.05, 4.69) is 19.2 Å². The average molecular weight is 329 g/mol. The van der Waals surface area contributed by atoms with Gasteiger partial charge in [0, 0.05) is 6.54 Å². The summed E-state index contributed by atoms with van der Waals surface area (Å²) in [5.41, 5.74) is 6.22. The van der Waals surface area contributed by atoms with Crippen LogP contribution in [0.25, 0.3) is 0 Å². The van der Waals surface area contributed by atoms with E-state index in [1.165, 1.54) is 0 Å². The number of nitrogens with one attached hydrogen (secondary N) is 1. The van der Waals surface area contributed by atoms with Gasteiger partial charge in [-0.3, -0.25) is 4.79 Å². The standard InChI is InChI=1S/C17H28N2O2.ClH/c1-5-9-17(4,18)16(20)19-11-14-7-6-8-15(10-14)21-12-13(2)3;/h6-8,10,13H,5,9,11-12,18H2,1-4H3,(H,19,20);1H. The van der Waals surface area contributed by atoms with Crippen molar-refractivity contribution in [2.75, 3.05) is 6.61 Å². The molecule has 0 saturated carbocycles. The van der Waals surface area contributed by atoms with Crippen molar-refractivity contribution < 1.29 is 9.53 Å². The first-order chi connectivity index (χ1) is 9.85. The van der Waals surface area contributed by atoms with Gasteiger partial charge in [0.05, 0.1) is 12.1 Å². The molecule has 1 amide bonds.